The van der Waals surface area contributed by atoms with Crippen molar-refractivity contribution >= 4 is 0 Å². The Morgan fingerprint density at radius 2 is 0.282 bits per heavy atom. The first-order chi connectivity index (χ1) is 37.7. The van der Waals surface area contributed by atoms with E-state index in [1.807, 2.05) is 152 Å². The lowest BCUT2D eigenvalue weighted by molar-refractivity contribution is 0.106. The van der Waals surface area contributed by atoms with Gasteiger partial charge in [-0.15, -0.1) is 0 Å². The highest BCUT2D eigenvalue weighted by atomic mass is 16.3. The fourth-order valence-electron chi connectivity index (χ4n) is 11.2. The maximum atomic E-state index is 11.8. The van der Waals surface area contributed by atoms with Gasteiger partial charge in [0.05, 0.1) is 0 Å². The van der Waals surface area contributed by atoms with Crippen LogP contribution >= 0.6 is 0 Å². The van der Waals surface area contributed by atoms with E-state index in [0.717, 1.165) is 66.8 Å². The maximum absolute atomic E-state index is 11.8. The number of benzene rings is 9. The zero-order valence-corrected chi connectivity index (χ0v) is 42.4. The summed E-state index contributed by atoms with van der Waals surface area (Å²) in [5.41, 5.74) is 7.53. The average Bonchev–Trinajstić information content (AvgIpc) is 3.50. The zero-order valence-electron chi connectivity index (χ0n) is 42.4. The molecule has 78 heavy (non-hydrogen) atoms. The van der Waals surface area contributed by atoms with Gasteiger partial charge in [0.15, 0.2) is 0 Å². The second-order valence-electron chi connectivity index (χ2n) is 21.2. The van der Waals surface area contributed by atoms with Gasteiger partial charge in [0, 0.05) is 0 Å². The van der Waals surface area contributed by atoms with Gasteiger partial charge < -0.3 is 30.6 Å². The van der Waals surface area contributed by atoms with E-state index in [9.17, 15) is 30.6 Å². The third-order valence-corrected chi connectivity index (χ3v) is 16.3. The summed E-state index contributed by atoms with van der Waals surface area (Å²) in [5.74, 6) is 0. The molecule has 0 unspecified atom stereocenters. The van der Waals surface area contributed by atoms with Crippen LogP contribution in [0.3, 0.4) is 0 Å². The number of hydrogen-bond acceptors (Lipinski definition) is 6. The van der Waals surface area contributed by atoms with Crippen LogP contribution in [0.4, 0.5) is 0 Å². The van der Waals surface area contributed by atoms with E-state index < -0.39 is 33.6 Å². The Balaban J connectivity index is 0.791. The maximum Gasteiger partial charge on any atom is 0.127 e. The summed E-state index contributed by atoms with van der Waals surface area (Å²) in [6.45, 7) is 0. The van der Waals surface area contributed by atoms with Gasteiger partial charge in [-0.2, -0.15) is 0 Å². The first-order valence-corrected chi connectivity index (χ1v) is 26.2. The van der Waals surface area contributed by atoms with Crippen molar-refractivity contribution in [3.05, 3.63) is 325 Å². The van der Waals surface area contributed by atoms with Crippen molar-refractivity contribution in [1.82, 2.24) is 0 Å². The predicted molar refractivity (Wildman–Crippen MR) is 310 cm³/mol. The molecule has 24 bridgehead atoms. The molecular formula is C72H54O6. The Morgan fingerprint density at radius 3 is 0.436 bits per heavy atom. The second-order valence-corrected chi connectivity index (χ2v) is 21.2. The minimum Gasteiger partial charge on any atom is -0.377 e. The van der Waals surface area contributed by atoms with E-state index in [4.69, 9.17) is 0 Å². The molecule has 6 N–H and O–H groups in total. The highest BCUT2D eigenvalue weighted by Crippen LogP contribution is 2.42. The molecule has 0 spiro atoms. The number of aliphatic hydroxyl groups is 6. The standard InChI is InChI=1S/C72H54O6/c73-67-36-38-68(74,39-37-67)62-26-14-54(15-27-62)50-6-10-52(11-7-50)56-18-30-64(31-19-56)70(76)42-46-72(78,47-43-70)66-34-22-58(23-35-66)60-3-1-2-59(48-60)57-20-32-65(33-21-57)71(77)44-40-69(75,41-45-71)63-28-16-55(17-29-63)51-8-4-49(5-9-51)53-12-24-61(67)25-13-53/h1-48,73-78H/t67-,68+,69-,70-,71+,72+. The Bertz CT molecular complexity index is 3620. The van der Waals surface area contributed by atoms with Crippen LogP contribution in [-0.4, -0.2) is 30.6 Å². The smallest absolute Gasteiger partial charge is 0.127 e. The minimum atomic E-state index is -1.42. The molecule has 0 heterocycles. The third kappa shape index (κ3) is 8.77. The monoisotopic (exact) mass is 1010 g/mol. The molecule has 378 valence electrons. The van der Waals surface area contributed by atoms with Gasteiger partial charge in [0.2, 0.25) is 0 Å². The molecule has 6 nitrogen and oxygen atoms in total. The molecule has 0 aromatic heterocycles. The van der Waals surface area contributed by atoms with Gasteiger partial charge in [0.25, 0.3) is 0 Å². The molecule has 6 heteroatoms. The summed E-state index contributed by atoms with van der Waals surface area (Å²) in [4.78, 5) is 0. The van der Waals surface area contributed by atoms with Crippen LogP contribution in [-0.2, 0) is 33.6 Å². The van der Waals surface area contributed by atoms with Gasteiger partial charge in [0.1, 0.15) is 33.6 Å². The van der Waals surface area contributed by atoms with Crippen LogP contribution in [0, 0.1) is 0 Å². The highest BCUT2D eigenvalue weighted by Gasteiger charge is 2.36. The molecule has 0 saturated carbocycles. The van der Waals surface area contributed by atoms with Crippen LogP contribution in [0.5, 0.6) is 0 Å². The quantitative estimate of drug-likeness (QED) is 0.0842. The number of rotatable bonds is 0. The van der Waals surface area contributed by atoms with Crippen molar-refractivity contribution in [3.63, 3.8) is 0 Å². The Hall–Kier alpha value is -8.82. The molecular weight excluding hydrogens is 961 g/mol. The molecule has 20 aliphatic carbocycles. The topological polar surface area (TPSA) is 121 Å². The van der Waals surface area contributed by atoms with E-state index in [1.165, 1.54) is 0 Å². The van der Waals surface area contributed by atoms with Crippen molar-refractivity contribution in [2.24, 2.45) is 0 Å². The Labute approximate surface area is 453 Å². The lowest BCUT2D eigenvalue weighted by atomic mass is 9.81. The average molecular weight is 1020 g/mol. The Morgan fingerprint density at radius 1 is 0.154 bits per heavy atom. The van der Waals surface area contributed by atoms with Gasteiger partial charge in [-0.3, -0.25) is 0 Å². The van der Waals surface area contributed by atoms with E-state index in [-0.39, 0.29) is 0 Å². The molecule has 0 atom stereocenters. The molecule has 20 aliphatic rings. The lowest BCUT2D eigenvalue weighted by Crippen LogP contribution is -2.30. The van der Waals surface area contributed by atoms with Crippen molar-refractivity contribution in [1.29, 1.82) is 0 Å². The molecule has 0 aliphatic heterocycles. The highest BCUT2D eigenvalue weighted by molar-refractivity contribution is 5.75. The molecule has 29 rings (SSSR count). The Kier molecular flexibility index (Phi) is 11.5. The van der Waals surface area contributed by atoms with Crippen molar-refractivity contribution in [2.75, 3.05) is 0 Å². The summed E-state index contributed by atoms with van der Waals surface area (Å²) < 4.78 is 0. The predicted octanol–water partition coefficient (Wildman–Crippen LogP) is 13.6. The van der Waals surface area contributed by atoms with Crippen LogP contribution in [0.15, 0.2) is 291 Å². The molecule has 0 amide bonds. The summed E-state index contributed by atoms with van der Waals surface area (Å²) in [7, 11) is 0. The first kappa shape index (κ1) is 48.8. The van der Waals surface area contributed by atoms with Crippen LogP contribution in [0.1, 0.15) is 33.4 Å². The second kappa shape index (κ2) is 18.4. The molecule has 0 fully saturated rings. The summed E-state index contributed by atoms with van der Waals surface area (Å²) >= 11 is 0. The minimum absolute atomic E-state index is 0.667. The van der Waals surface area contributed by atoms with E-state index in [1.54, 1.807) is 72.9 Å². The summed E-state index contributed by atoms with van der Waals surface area (Å²) in [5, 5.41) is 70.8. The normalized spacial score (nSPS) is 25.3. The fraction of sp³-hybridized carbons (Fsp3) is 0.0833. The van der Waals surface area contributed by atoms with Gasteiger partial charge in [-0.05, 0) is 179 Å². The zero-order chi connectivity index (χ0) is 53.3. The van der Waals surface area contributed by atoms with E-state index >= 15 is 0 Å². The summed E-state index contributed by atoms with van der Waals surface area (Å²) in [6, 6.07) is 71.5. The van der Waals surface area contributed by atoms with Crippen molar-refractivity contribution in [2.45, 2.75) is 33.6 Å². The van der Waals surface area contributed by atoms with Crippen molar-refractivity contribution in [3.8, 4) is 66.8 Å². The fourth-order valence-corrected chi connectivity index (χ4v) is 11.2. The van der Waals surface area contributed by atoms with E-state index in [0.29, 0.717) is 33.4 Å². The van der Waals surface area contributed by atoms with Gasteiger partial charge in [-0.1, -0.05) is 212 Å². The summed E-state index contributed by atoms with van der Waals surface area (Å²) in [6.07, 6.45) is 19.7. The SMILES string of the molecule is O[C@]12C=C[C@](O)(C=C1)c1ccc(cc1)-c1ccc(cc1)-c1ccc(cc1)[C@]1(O)C=C[C@@](O)(C=C1)c1ccc(cc1)-c1cccc(c1)-c1ccc(cc1)[C@@]1(O)C=C[C@](O)(C=C1)c1ccc(cc1)-c1ccc(cc1)-c1ccc2cc1. The van der Waals surface area contributed by atoms with Crippen molar-refractivity contribution < 1.29 is 30.6 Å². The molecule has 9 aromatic carbocycles. The number of hydrogen-bond donors (Lipinski definition) is 6. The van der Waals surface area contributed by atoms with Gasteiger partial charge in [-0.25, -0.2) is 0 Å². The lowest BCUT2D eigenvalue weighted by Gasteiger charge is -2.31. The largest absolute Gasteiger partial charge is 0.377 e. The van der Waals surface area contributed by atoms with Crippen LogP contribution in [0.2, 0.25) is 0 Å². The van der Waals surface area contributed by atoms with E-state index in [2.05, 4.69) is 66.7 Å². The van der Waals surface area contributed by atoms with Crippen LogP contribution < -0.4 is 0 Å². The molecule has 0 saturated heterocycles. The third-order valence-electron chi connectivity index (χ3n) is 16.3. The van der Waals surface area contributed by atoms with Crippen LogP contribution in [0.25, 0.3) is 66.8 Å². The molecule has 0 radical (unpaired) electrons. The first-order valence-electron chi connectivity index (χ1n) is 26.2. The van der Waals surface area contributed by atoms with Gasteiger partial charge >= 0.3 is 0 Å². The molecule has 9 aromatic rings.